The zero-order valence-corrected chi connectivity index (χ0v) is 11.7. The second-order valence-electron chi connectivity index (χ2n) is 4.46. The fourth-order valence-electron chi connectivity index (χ4n) is 1.72. The minimum Gasteiger partial charge on any atom is -0.481 e. The Morgan fingerprint density at radius 2 is 1.84 bits per heavy atom. The Morgan fingerprint density at radius 1 is 1.37 bits per heavy atom. The summed E-state index contributed by atoms with van der Waals surface area (Å²) in [4.78, 5) is 10.6. The molecule has 2 N–H and O–H groups in total. The fourth-order valence-corrected chi connectivity index (χ4v) is 3.29. The number of halogens is 1. The van der Waals surface area contributed by atoms with Crippen LogP contribution in [0.25, 0.3) is 0 Å². The van der Waals surface area contributed by atoms with Crippen molar-refractivity contribution in [2.45, 2.75) is 25.7 Å². The number of hydrogen-bond acceptors (Lipinski definition) is 3. The maximum atomic E-state index is 13.1. The van der Waals surface area contributed by atoms with E-state index < -0.39 is 27.7 Å². The number of rotatable bonds is 5. The Balaban J connectivity index is 3.05. The Labute approximate surface area is 111 Å². The molecule has 1 atom stereocenters. The number of aryl methyl sites for hydroxylation is 2. The smallest absolute Gasteiger partial charge is 0.307 e. The predicted molar refractivity (Wildman–Crippen MR) is 67.9 cm³/mol. The van der Waals surface area contributed by atoms with Crippen molar-refractivity contribution in [2.24, 2.45) is 5.92 Å². The maximum Gasteiger partial charge on any atom is 0.307 e. The van der Waals surface area contributed by atoms with E-state index in [1.54, 1.807) is 0 Å². The summed E-state index contributed by atoms with van der Waals surface area (Å²) in [5.74, 6) is -2.43. The van der Waals surface area contributed by atoms with Gasteiger partial charge in [-0.25, -0.2) is 17.5 Å². The SMILES string of the molecule is Cc1cc(F)cc(C)c1S(=O)(=O)NCC(C)C(=O)O. The third-order valence-electron chi connectivity index (χ3n) is 2.69. The van der Waals surface area contributed by atoms with Gasteiger partial charge < -0.3 is 5.11 Å². The highest BCUT2D eigenvalue weighted by Gasteiger charge is 2.22. The van der Waals surface area contributed by atoms with E-state index >= 15 is 0 Å². The Hall–Kier alpha value is -1.47. The van der Waals surface area contributed by atoms with Crippen LogP contribution in [-0.2, 0) is 14.8 Å². The van der Waals surface area contributed by atoms with E-state index in [0.717, 1.165) is 12.1 Å². The number of carboxylic acid groups (broad SMARTS) is 1. The van der Waals surface area contributed by atoms with Crippen LogP contribution in [0.1, 0.15) is 18.1 Å². The molecule has 0 aromatic heterocycles. The van der Waals surface area contributed by atoms with E-state index in [0.29, 0.717) is 0 Å². The third kappa shape index (κ3) is 3.74. The second-order valence-corrected chi connectivity index (χ2v) is 6.16. The molecule has 1 unspecified atom stereocenters. The Bertz CT molecular complexity index is 575. The molecule has 0 heterocycles. The molecule has 0 radical (unpaired) electrons. The molecule has 0 saturated carbocycles. The van der Waals surface area contributed by atoms with E-state index in [4.69, 9.17) is 5.11 Å². The van der Waals surface area contributed by atoms with E-state index in [1.807, 2.05) is 0 Å². The van der Waals surface area contributed by atoms with Gasteiger partial charge in [0.15, 0.2) is 0 Å². The van der Waals surface area contributed by atoms with Gasteiger partial charge >= 0.3 is 5.97 Å². The van der Waals surface area contributed by atoms with Gasteiger partial charge in [-0.1, -0.05) is 6.92 Å². The molecule has 0 aliphatic carbocycles. The molecule has 1 aromatic carbocycles. The molecule has 0 aliphatic rings. The normalized spacial score (nSPS) is 13.3. The van der Waals surface area contributed by atoms with Crippen molar-refractivity contribution in [3.8, 4) is 0 Å². The quantitative estimate of drug-likeness (QED) is 0.859. The lowest BCUT2D eigenvalue weighted by Crippen LogP contribution is -2.32. The molecule has 1 rings (SSSR count). The van der Waals surface area contributed by atoms with Crippen molar-refractivity contribution in [3.05, 3.63) is 29.1 Å². The molecule has 0 amide bonds. The molecule has 7 heteroatoms. The standard InChI is InChI=1S/C12H16FNO4S/c1-7-4-10(13)5-8(2)11(7)19(17,18)14-6-9(3)12(15)16/h4-5,9,14H,6H2,1-3H3,(H,15,16). The molecular weight excluding hydrogens is 273 g/mol. The number of hydrogen-bond donors (Lipinski definition) is 2. The molecule has 19 heavy (non-hydrogen) atoms. The number of benzene rings is 1. The molecule has 0 saturated heterocycles. The monoisotopic (exact) mass is 289 g/mol. The first-order valence-electron chi connectivity index (χ1n) is 5.64. The van der Waals surface area contributed by atoms with Crippen molar-refractivity contribution >= 4 is 16.0 Å². The summed E-state index contributed by atoms with van der Waals surface area (Å²) < 4.78 is 39.5. The van der Waals surface area contributed by atoms with Gasteiger partial charge in [-0.15, -0.1) is 0 Å². The van der Waals surface area contributed by atoms with Crippen molar-refractivity contribution in [1.29, 1.82) is 0 Å². The van der Waals surface area contributed by atoms with Crippen molar-refractivity contribution < 1.29 is 22.7 Å². The number of carboxylic acids is 1. The van der Waals surface area contributed by atoms with E-state index in [2.05, 4.69) is 4.72 Å². The summed E-state index contributed by atoms with van der Waals surface area (Å²) in [5.41, 5.74) is 0.570. The zero-order chi connectivity index (χ0) is 14.8. The molecular formula is C12H16FNO4S. The Morgan fingerprint density at radius 3 is 2.26 bits per heavy atom. The van der Waals surface area contributed by atoms with E-state index in [9.17, 15) is 17.6 Å². The largest absolute Gasteiger partial charge is 0.481 e. The first-order valence-corrected chi connectivity index (χ1v) is 7.12. The second kappa shape index (κ2) is 5.66. The molecule has 0 spiro atoms. The highest BCUT2D eigenvalue weighted by Crippen LogP contribution is 2.21. The lowest BCUT2D eigenvalue weighted by atomic mass is 10.1. The number of nitrogens with one attached hydrogen (secondary N) is 1. The summed E-state index contributed by atoms with van der Waals surface area (Å²) in [6, 6.07) is 2.25. The summed E-state index contributed by atoms with van der Waals surface area (Å²) in [6.45, 7) is 4.17. The van der Waals surface area contributed by atoms with Crippen LogP contribution >= 0.6 is 0 Å². The van der Waals surface area contributed by atoms with E-state index in [-0.39, 0.29) is 22.6 Å². The lowest BCUT2D eigenvalue weighted by Gasteiger charge is -2.13. The minimum absolute atomic E-state index is 0.00788. The fraction of sp³-hybridized carbons (Fsp3) is 0.417. The highest BCUT2D eigenvalue weighted by molar-refractivity contribution is 7.89. The van der Waals surface area contributed by atoms with Gasteiger partial charge in [-0.2, -0.15) is 0 Å². The highest BCUT2D eigenvalue weighted by atomic mass is 32.2. The van der Waals surface area contributed by atoms with Crippen LogP contribution in [0.5, 0.6) is 0 Å². The molecule has 0 fully saturated rings. The average molecular weight is 289 g/mol. The van der Waals surface area contributed by atoms with Crippen LogP contribution in [0, 0.1) is 25.6 Å². The predicted octanol–water partition coefficient (Wildman–Crippen LogP) is 1.44. The number of aliphatic carboxylic acids is 1. The van der Waals surface area contributed by atoms with E-state index in [1.165, 1.54) is 20.8 Å². The molecule has 1 aromatic rings. The van der Waals surface area contributed by atoms with Crippen LogP contribution in [0.3, 0.4) is 0 Å². The van der Waals surface area contributed by atoms with Gasteiger partial charge in [0.25, 0.3) is 0 Å². The van der Waals surface area contributed by atoms with Gasteiger partial charge in [0.1, 0.15) is 5.82 Å². The van der Waals surface area contributed by atoms with Gasteiger partial charge in [0, 0.05) is 6.54 Å². The van der Waals surface area contributed by atoms with Crippen LogP contribution < -0.4 is 4.72 Å². The van der Waals surface area contributed by atoms with Crippen molar-refractivity contribution in [2.75, 3.05) is 6.54 Å². The van der Waals surface area contributed by atoms with Crippen LogP contribution in [0.15, 0.2) is 17.0 Å². The number of sulfonamides is 1. The number of carbonyl (C=O) groups is 1. The topological polar surface area (TPSA) is 83.5 Å². The van der Waals surface area contributed by atoms with Gasteiger partial charge in [0.2, 0.25) is 10.0 Å². The first-order chi connectivity index (χ1) is 8.65. The van der Waals surface area contributed by atoms with Crippen LogP contribution in [0.2, 0.25) is 0 Å². The zero-order valence-electron chi connectivity index (χ0n) is 10.9. The summed E-state index contributed by atoms with van der Waals surface area (Å²) in [7, 11) is -3.85. The summed E-state index contributed by atoms with van der Waals surface area (Å²) >= 11 is 0. The Kier molecular flexibility index (Phi) is 4.65. The first kappa shape index (κ1) is 15.6. The van der Waals surface area contributed by atoms with Crippen LogP contribution in [-0.4, -0.2) is 26.0 Å². The lowest BCUT2D eigenvalue weighted by molar-refractivity contribution is -0.140. The van der Waals surface area contributed by atoms with Crippen molar-refractivity contribution in [3.63, 3.8) is 0 Å². The molecule has 5 nitrogen and oxygen atoms in total. The summed E-state index contributed by atoms with van der Waals surface area (Å²) in [5, 5.41) is 8.71. The molecule has 106 valence electrons. The van der Waals surface area contributed by atoms with Gasteiger partial charge in [-0.3, -0.25) is 4.79 Å². The maximum absolute atomic E-state index is 13.1. The van der Waals surface area contributed by atoms with Crippen molar-refractivity contribution in [1.82, 2.24) is 4.72 Å². The average Bonchev–Trinajstić information content (AvgIpc) is 2.23. The molecule has 0 bridgehead atoms. The third-order valence-corrected chi connectivity index (χ3v) is 4.42. The van der Waals surface area contributed by atoms with Crippen LogP contribution in [0.4, 0.5) is 4.39 Å². The molecule has 0 aliphatic heterocycles. The summed E-state index contributed by atoms with van der Waals surface area (Å²) in [6.07, 6.45) is 0. The minimum atomic E-state index is -3.85. The van der Waals surface area contributed by atoms with Gasteiger partial charge in [0.05, 0.1) is 10.8 Å². The van der Waals surface area contributed by atoms with Gasteiger partial charge in [-0.05, 0) is 37.1 Å².